The van der Waals surface area contributed by atoms with Crippen molar-refractivity contribution in [1.29, 1.82) is 0 Å². The van der Waals surface area contributed by atoms with Crippen molar-refractivity contribution in [2.75, 3.05) is 5.73 Å². The average Bonchev–Trinajstić information content (AvgIpc) is 2.63. The van der Waals surface area contributed by atoms with E-state index in [0.717, 1.165) is 0 Å². The SMILES string of the molecule is Nc1cc(C2=CC(=S)C=CC2=S)c(O)c2c1C(=O)c1cccc(O)c1C2=O. The minimum Gasteiger partial charge on any atom is -0.507 e. The van der Waals surface area contributed by atoms with Crippen LogP contribution in [-0.2, 0) is 0 Å². The summed E-state index contributed by atoms with van der Waals surface area (Å²) in [6.07, 6.45) is 4.87. The van der Waals surface area contributed by atoms with Gasteiger partial charge in [-0.25, -0.2) is 0 Å². The van der Waals surface area contributed by atoms with Gasteiger partial charge >= 0.3 is 0 Å². The number of allylic oxidation sites excluding steroid dienone is 4. The third kappa shape index (κ3) is 2.43. The van der Waals surface area contributed by atoms with Crippen LogP contribution in [0.3, 0.4) is 0 Å². The Kier molecular flexibility index (Phi) is 3.80. The monoisotopic (exact) mass is 393 g/mol. The minimum absolute atomic E-state index is 0.0364. The van der Waals surface area contributed by atoms with E-state index in [4.69, 9.17) is 30.2 Å². The Balaban J connectivity index is 2.02. The van der Waals surface area contributed by atoms with Crippen LogP contribution in [0.4, 0.5) is 5.69 Å². The molecule has 0 atom stereocenters. The van der Waals surface area contributed by atoms with E-state index in [2.05, 4.69) is 0 Å². The molecule has 0 amide bonds. The Morgan fingerprint density at radius 3 is 2.37 bits per heavy atom. The molecule has 2 aliphatic carbocycles. The van der Waals surface area contributed by atoms with Crippen molar-refractivity contribution in [2.45, 2.75) is 0 Å². The quantitative estimate of drug-likeness (QED) is 0.332. The zero-order valence-electron chi connectivity index (χ0n) is 13.6. The predicted octanol–water partition coefficient (Wildman–Crippen LogP) is 3.15. The number of anilines is 1. The summed E-state index contributed by atoms with van der Waals surface area (Å²) in [7, 11) is 0. The summed E-state index contributed by atoms with van der Waals surface area (Å²) in [6, 6.07) is 5.62. The molecule has 0 fully saturated rings. The second kappa shape index (κ2) is 5.94. The lowest BCUT2D eigenvalue weighted by atomic mass is 9.80. The van der Waals surface area contributed by atoms with Gasteiger partial charge in [-0.2, -0.15) is 0 Å². The second-order valence-electron chi connectivity index (χ2n) is 6.13. The van der Waals surface area contributed by atoms with Crippen LogP contribution in [-0.4, -0.2) is 31.5 Å². The molecular formula is C20H11NO4S2. The number of aromatic hydroxyl groups is 2. The Hall–Kier alpha value is -3.16. The standard InChI is InChI=1S/C20H11NO4S2/c21-12-7-11(10-6-8(26)4-5-14(10)27)19(24)17-16(12)18(23)9-2-1-3-13(22)15(9)20(17)25/h1-7,22,24H,21H2. The molecule has 0 bridgehead atoms. The molecular weight excluding hydrogens is 382 g/mol. The number of hydrogen-bond donors (Lipinski definition) is 3. The number of phenolic OH excluding ortho intramolecular Hbond substituents is 2. The van der Waals surface area contributed by atoms with Gasteiger partial charge in [-0.1, -0.05) is 36.6 Å². The molecule has 132 valence electrons. The van der Waals surface area contributed by atoms with E-state index in [9.17, 15) is 19.8 Å². The third-order valence-corrected chi connectivity index (χ3v) is 5.15. The molecule has 0 saturated carbocycles. The van der Waals surface area contributed by atoms with Crippen LogP contribution in [0.25, 0.3) is 5.57 Å². The summed E-state index contributed by atoms with van der Waals surface area (Å²) >= 11 is 10.5. The number of nitrogens with two attached hydrogens (primary N) is 1. The van der Waals surface area contributed by atoms with Crippen molar-refractivity contribution in [2.24, 2.45) is 0 Å². The summed E-state index contributed by atoms with van der Waals surface area (Å²) in [5.74, 6) is -1.97. The maximum atomic E-state index is 13.0. The fourth-order valence-electron chi connectivity index (χ4n) is 3.31. The first kappa shape index (κ1) is 17.3. The third-order valence-electron chi connectivity index (χ3n) is 4.54. The fourth-order valence-corrected chi connectivity index (χ4v) is 3.73. The number of benzene rings is 2. The Bertz CT molecular complexity index is 1170. The highest BCUT2D eigenvalue weighted by molar-refractivity contribution is 7.82. The average molecular weight is 393 g/mol. The number of ketones is 2. The van der Waals surface area contributed by atoms with Crippen LogP contribution in [0.1, 0.15) is 37.4 Å². The van der Waals surface area contributed by atoms with Gasteiger partial charge in [0.1, 0.15) is 11.5 Å². The first-order valence-electron chi connectivity index (χ1n) is 7.86. The predicted molar refractivity (Wildman–Crippen MR) is 110 cm³/mol. The van der Waals surface area contributed by atoms with E-state index in [1.54, 1.807) is 18.2 Å². The molecule has 0 unspecified atom stereocenters. The maximum absolute atomic E-state index is 13.0. The zero-order valence-corrected chi connectivity index (χ0v) is 15.3. The molecule has 27 heavy (non-hydrogen) atoms. The number of nitrogen functional groups attached to an aromatic ring is 1. The lowest BCUT2D eigenvalue weighted by Crippen LogP contribution is -2.23. The summed E-state index contributed by atoms with van der Waals surface area (Å²) in [6.45, 7) is 0. The second-order valence-corrected chi connectivity index (χ2v) is 7.04. The number of thiocarbonyl (C=S) groups is 2. The van der Waals surface area contributed by atoms with Gasteiger partial charge in [0.25, 0.3) is 0 Å². The van der Waals surface area contributed by atoms with Gasteiger partial charge < -0.3 is 15.9 Å². The van der Waals surface area contributed by atoms with Crippen LogP contribution in [0, 0.1) is 0 Å². The minimum atomic E-state index is -0.677. The van der Waals surface area contributed by atoms with Crippen LogP contribution in [0.5, 0.6) is 11.5 Å². The van der Waals surface area contributed by atoms with Crippen molar-refractivity contribution >= 4 is 57.0 Å². The van der Waals surface area contributed by atoms with Gasteiger partial charge in [0, 0.05) is 32.1 Å². The van der Waals surface area contributed by atoms with Crippen molar-refractivity contribution in [3.05, 3.63) is 70.3 Å². The maximum Gasteiger partial charge on any atom is 0.202 e. The van der Waals surface area contributed by atoms with Gasteiger partial charge in [-0.15, -0.1) is 0 Å². The zero-order chi connectivity index (χ0) is 19.5. The van der Waals surface area contributed by atoms with Gasteiger partial charge in [0.05, 0.1) is 16.7 Å². The number of carbonyl (C=O) groups is 2. The van der Waals surface area contributed by atoms with Gasteiger partial charge in [-0.05, 0) is 30.4 Å². The molecule has 5 nitrogen and oxygen atoms in total. The Labute approximate surface area is 164 Å². The normalized spacial score (nSPS) is 15.5. The van der Waals surface area contributed by atoms with E-state index < -0.39 is 17.3 Å². The van der Waals surface area contributed by atoms with Crippen molar-refractivity contribution in [3.8, 4) is 11.5 Å². The van der Waals surface area contributed by atoms with Crippen molar-refractivity contribution in [3.63, 3.8) is 0 Å². The Morgan fingerprint density at radius 2 is 1.63 bits per heavy atom. The molecule has 4 N–H and O–H groups in total. The molecule has 0 heterocycles. The summed E-state index contributed by atoms with van der Waals surface area (Å²) in [4.78, 5) is 26.8. The highest BCUT2D eigenvalue weighted by Crippen LogP contribution is 2.43. The fraction of sp³-hybridized carbons (Fsp3) is 0. The van der Waals surface area contributed by atoms with Gasteiger partial charge in [0.15, 0.2) is 5.78 Å². The van der Waals surface area contributed by atoms with Crippen molar-refractivity contribution in [1.82, 2.24) is 0 Å². The topological polar surface area (TPSA) is 101 Å². The first-order valence-corrected chi connectivity index (χ1v) is 8.68. The molecule has 0 aliphatic heterocycles. The number of hydrogen-bond acceptors (Lipinski definition) is 7. The van der Waals surface area contributed by atoms with Crippen LogP contribution in [0.15, 0.2) is 42.5 Å². The summed E-state index contributed by atoms with van der Waals surface area (Å²) in [5.41, 5.74) is 6.33. The number of phenols is 2. The van der Waals surface area contributed by atoms with E-state index >= 15 is 0 Å². The molecule has 0 saturated heterocycles. The van der Waals surface area contributed by atoms with Gasteiger partial charge in [0.2, 0.25) is 5.78 Å². The molecule has 7 heteroatoms. The van der Waals surface area contributed by atoms with E-state index in [1.165, 1.54) is 24.3 Å². The molecule has 2 aliphatic rings. The molecule has 0 radical (unpaired) electrons. The summed E-state index contributed by atoms with van der Waals surface area (Å²) < 4.78 is 0. The first-order chi connectivity index (χ1) is 12.8. The Morgan fingerprint density at radius 1 is 0.889 bits per heavy atom. The number of fused-ring (bicyclic) bond motifs is 2. The summed E-state index contributed by atoms with van der Waals surface area (Å²) in [5, 5.41) is 20.9. The molecule has 4 rings (SSSR count). The highest BCUT2D eigenvalue weighted by Gasteiger charge is 2.37. The number of rotatable bonds is 1. The van der Waals surface area contributed by atoms with Gasteiger partial charge in [-0.3, -0.25) is 9.59 Å². The van der Waals surface area contributed by atoms with Crippen LogP contribution in [0.2, 0.25) is 0 Å². The largest absolute Gasteiger partial charge is 0.507 e. The van der Waals surface area contributed by atoms with Crippen molar-refractivity contribution < 1.29 is 19.8 Å². The molecule has 0 spiro atoms. The highest BCUT2D eigenvalue weighted by atomic mass is 32.1. The van der Waals surface area contributed by atoms with Crippen LogP contribution < -0.4 is 5.73 Å². The molecule has 2 aromatic carbocycles. The van der Waals surface area contributed by atoms with E-state index in [0.29, 0.717) is 15.3 Å². The number of carbonyl (C=O) groups excluding carboxylic acids is 2. The van der Waals surface area contributed by atoms with E-state index in [-0.39, 0.29) is 39.3 Å². The van der Waals surface area contributed by atoms with E-state index in [1.807, 2.05) is 0 Å². The molecule has 0 aromatic heterocycles. The lowest BCUT2D eigenvalue weighted by molar-refractivity contribution is 0.0975. The smallest absolute Gasteiger partial charge is 0.202 e. The lowest BCUT2D eigenvalue weighted by Gasteiger charge is -2.23. The molecule has 2 aromatic rings. The van der Waals surface area contributed by atoms with Crippen LogP contribution >= 0.6 is 24.4 Å².